The zero-order chi connectivity index (χ0) is 15.4. The highest BCUT2D eigenvalue weighted by Gasteiger charge is 2.37. The van der Waals surface area contributed by atoms with Crippen LogP contribution >= 0.6 is 0 Å². The fourth-order valence-electron chi connectivity index (χ4n) is 3.63. The molecule has 2 heterocycles. The molecular formula is C15H23N5O2. The van der Waals surface area contributed by atoms with E-state index in [0.29, 0.717) is 30.7 Å². The summed E-state index contributed by atoms with van der Waals surface area (Å²) in [5, 5.41) is 12.0. The Bertz CT molecular complexity index is 516. The maximum atomic E-state index is 12.3. The minimum Gasteiger partial charge on any atom is -0.349 e. The van der Waals surface area contributed by atoms with Crippen molar-refractivity contribution in [3.63, 3.8) is 0 Å². The molecule has 3 N–H and O–H groups in total. The molecule has 1 aromatic rings. The van der Waals surface area contributed by atoms with Crippen LogP contribution in [-0.4, -0.2) is 52.7 Å². The van der Waals surface area contributed by atoms with Gasteiger partial charge in [0, 0.05) is 31.9 Å². The number of hydrogen-bond acceptors (Lipinski definition) is 3. The van der Waals surface area contributed by atoms with Crippen LogP contribution in [0.25, 0.3) is 0 Å². The number of rotatable bonds is 4. The van der Waals surface area contributed by atoms with Crippen molar-refractivity contribution in [1.82, 2.24) is 25.7 Å². The van der Waals surface area contributed by atoms with E-state index in [0.717, 1.165) is 19.4 Å². The quantitative estimate of drug-likeness (QED) is 0.728. The molecule has 1 saturated heterocycles. The molecule has 2 aliphatic rings. The first-order valence-electron chi connectivity index (χ1n) is 8.08. The van der Waals surface area contributed by atoms with E-state index in [1.807, 2.05) is 4.90 Å². The summed E-state index contributed by atoms with van der Waals surface area (Å²) in [4.78, 5) is 26.0. The second kappa shape index (κ2) is 6.81. The van der Waals surface area contributed by atoms with Gasteiger partial charge in [0.1, 0.15) is 5.69 Å². The fraction of sp³-hybridized carbons (Fsp3) is 0.667. The Kier molecular flexibility index (Phi) is 4.60. The number of nitrogens with zero attached hydrogens (tertiary/aromatic N) is 2. The molecule has 1 aliphatic carbocycles. The number of urea groups is 1. The van der Waals surface area contributed by atoms with Crippen LogP contribution in [0, 0.1) is 5.92 Å². The predicted molar refractivity (Wildman–Crippen MR) is 81.4 cm³/mol. The van der Waals surface area contributed by atoms with Crippen LogP contribution in [0.2, 0.25) is 0 Å². The third kappa shape index (κ3) is 3.23. The number of carbonyl (C=O) groups is 2. The number of likely N-dealkylation sites (tertiary alicyclic amines) is 1. The summed E-state index contributed by atoms with van der Waals surface area (Å²) in [5.41, 5.74) is 0.427. The molecule has 1 aromatic heterocycles. The first-order chi connectivity index (χ1) is 10.8. The van der Waals surface area contributed by atoms with E-state index in [-0.39, 0.29) is 11.9 Å². The number of aromatic nitrogens is 2. The minimum absolute atomic E-state index is 0.00684. The van der Waals surface area contributed by atoms with Crippen LogP contribution in [0.5, 0.6) is 0 Å². The Labute approximate surface area is 129 Å². The fourth-order valence-corrected chi connectivity index (χ4v) is 3.63. The molecule has 2 fully saturated rings. The SMILES string of the molecule is O=C(NCCNC(=O)N1CCC[C@@H]2CCC[C@H]21)c1ccn[nH]1. The third-order valence-electron chi connectivity index (χ3n) is 4.69. The molecule has 22 heavy (non-hydrogen) atoms. The second-order valence-corrected chi connectivity index (χ2v) is 6.05. The largest absolute Gasteiger partial charge is 0.349 e. The first-order valence-corrected chi connectivity index (χ1v) is 8.08. The summed E-state index contributed by atoms with van der Waals surface area (Å²) >= 11 is 0. The number of amides is 3. The zero-order valence-corrected chi connectivity index (χ0v) is 12.7. The van der Waals surface area contributed by atoms with Crippen molar-refractivity contribution in [3.05, 3.63) is 18.0 Å². The lowest BCUT2D eigenvalue weighted by Gasteiger charge is -2.37. The summed E-state index contributed by atoms with van der Waals surface area (Å²) in [6, 6.07) is 2.04. The van der Waals surface area contributed by atoms with Crippen LogP contribution in [0.1, 0.15) is 42.6 Å². The second-order valence-electron chi connectivity index (χ2n) is 6.05. The molecule has 1 saturated carbocycles. The molecule has 0 bridgehead atoms. The molecule has 7 heteroatoms. The van der Waals surface area contributed by atoms with E-state index >= 15 is 0 Å². The summed E-state index contributed by atoms with van der Waals surface area (Å²) < 4.78 is 0. The monoisotopic (exact) mass is 305 g/mol. The summed E-state index contributed by atoms with van der Waals surface area (Å²) in [5.74, 6) is 0.486. The van der Waals surface area contributed by atoms with Gasteiger partial charge in [0.05, 0.1) is 0 Å². The van der Waals surface area contributed by atoms with Gasteiger partial charge in [0.2, 0.25) is 0 Å². The Hall–Kier alpha value is -2.05. The van der Waals surface area contributed by atoms with Crippen LogP contribution in [0.3, 0.4) is 0 Å². The number of fused-ring (bicyclic) bond motifs is 1. The van der Waals surface area contributed by atoms with E-state index < -0.39 is 0 Å². The van der Waals surface area contributed by atoms with Gasteiger partial charge in [-0.1, -0.05) is 6.42 Å². The number of nitrogens with one attached hydrogen (secondary N) is 3. The summed E-state index contributed by atoms with van der Waals surface area (Å²) in [7, 11) is 0. The highest BCUT2D eigenvalue weighted by Crippen LogP contribution is 2.36. The van der Waals surface area contributed by atoms with Crippen molar-refractivity contribution in [1.29, 1.82) is 0 Å². The van der Waals surface area contributed by atoms with E-state index in [2.05, 4.69) is 20.8 Å². The predicted octanol–water partition coefficient (Wildman–Crippen LogP) is 1.11. The van der Waals surface area contributed by atoms with E-state index in [1.54, 1.807) is 6.07 Å². The van der Waals surface area contributed by atoms with Gasteiger partial charge >= 0.3 is 6.03 Å². The Balaban J connectivity index is 1.40. The highest BCUT2D eigenvalue weighted by atomic mass is 16.2. The molecule has 1 aliphatic heterocycles. The average Bonchev–Trinajstić information content (AvgIpc) is 3.21. The molecule has 3 rings (SSSR count). The van der Waals surface area contributed by atoms with Gasteiger partial charge in [0.15, 0.2) is 0 Å². The number of H-pyrrole nitrogens is 1. The van der Waals surface area contributed by atoms with E-state index in [1.165, 1.54) is 25.5 Å². The van der Waals surface area contributed by atoms with E-state index in [4.69, 9.17) is 0 Å². The molecule has 120 valence electrons. The number of aromatic amines is 1. The average molecular weight is 305 g/mol. The number of piperidine rings is 1. The molecule has 0 spiro atoms. The van der Waals surface area contributed by atoms with Crippen molar-refractivity contribution in [2.75, 3.05) is 19.6 Å². The van der Waals surface area contributed by atoms with Crippen LogP contribution in [0.15, 0.2) is 12.3 Å². The van der Waals surface area contributed by atoms with Crippen molar-refractivity contribution in [2.45, 2.75) is 38.1 Å². The van der Waals surface area contributed by atoms with Crippen molar-refractivity contribution >= 4 is 11.9 Å². The molecule has 3 amide bonds. The molecule has 0 radical (unpaired) electrons. The van der Waals surface area contributed by atoms with Crippen LogP contribution in [-0.2, 0) is 0 Å². The first kappa shape index (κ1) is 14.9. The normalized spacial score (nSPS) is 23.9. The van der Waals surface area contributed by atoms with Gasteiger partial charge in [0.25, 0.3) is 5.91 Å². The highest BCUT2D eigenvalue weighted by molar-refractivity contribution is 5.92. The molecule has 0 unspecified atom stereocenters. The van der Waals surface area contributed by atoms with Gasteiger partial charge in [-0.05, 0) is 37.7 Å². The summed E-state index contributed by atoms with van der Waals surface area (Å²) in [6.45, 7) is 1.70. The molecular weight excluding hydrogens is 282 g/mol. The number of carbonyl (C=O) groups excluding carboxylic acids is 2. The molecule has 0 aromatic carbocycles. The van der Waals surface area contributed by atoms with Gasteiger partial charge in [-0.2, -0.15) is 5.10 Å². The zero-order valence-electron chi connectivity index (χ0n) is 12.7. The lowest BCUT2D eigenvalue weighted by atomic mass is 9.92. The number of hydrogen-bond donors (Lipinski definition) is 3. The van der Waals surface area contributed by atoms with Gasteiger partial charge in [-0.25, -0.2) is 4.79 Å². The van der Waals surface area contributed by atoms with Gasteiger partial charge in [-0.15, -0.1) is 0 Å². The Morgan fingerprint density at radius 3 is 2.86 bits per heavy atom. The Morgan fingerprint density at radius 2 is 2.05 bits per heavy atom. The lowest BCUT2D eigenvalue weighted by molar-refractivity contribution is 0.0947. The minimum atomic E-state index is -0.208. The Morgan fingerprint density at radius 1 is 1.23 bits per heavy atom. The maximum Gasteiger partial charge on any atom is 0.317 e. The van der Waals surface area contributed by atoms with Crippen molar-refractivity contribution in [2.24, 2.45) is 5.92 Å². The summed E-state index contributed by atoms with van der Waals surface area (Å²) in [6.07, 6.45) is 7.52. The smallest absolute Gasteiger partial charge is 0.317 e. The van der Waals surface area contributed by atoms with Gasteiger partial charge < -0.3 is 15.5 Å². The van der Waals surface area contributed by atoms with Crippen LogP contribution < -0.4 is 10.6 Å². The maximum absolute atomic E-state index is 12.3. The topological polar surface area (TPSA) is 90.1 Å². The standard InChI is InChI=1S/C15H23N5O2/c21-14(12-6-7-18-19-12)16-8-9-17-15(22)20-10-2-4-11-3-1-5-13(11)20/h6-7,11,13H,1-5,8-10H2,(H,16,21)(H,17,22)(H,18,19)/t11-,13+/m0/s1. The van der Waals surface area contributed by atoms with Crippen molar-refractivity contribution in [3.8, 4) is 0 Å². The van der Waals surface area contributed by atoms with Crippen molar-refractivity contribution < 1.29 is 9.59 Å². The third-order valence-corrected chi connectivity index (χ3v) is 4.69. The van der Waals surface area contributed by atoms with Crippen LogP contribution in [0.4, 0.5) is 4.79 Å². The van der Waals surface area contributed by atoms with Gasteiger partial charge in [-0.3, -0.25) is 9.89 Å². The molecule has 7 nitrogen and oxygen atoms in total. The lowest BCUT2D eigenvalue weighted by Crippen LogP contribution is -2.51. The van der Waals surface area contributed by atoms with E-state index in [9.17, 15) is 9.59 Å². The molecule has 2 atom stereocenters.